The Labute approximate surface area is 156 Å². The molecule has 0 spiro atoms. The van der Waals surface area contributed by atoms with E-state index in [0.29, 0.717) is 19.4 Å². The van der Waals surface area contributed by atoms with Crippen LogP contribution in [-0.2, 0) is 27.6 Å². The van der Waals surface area contributed by atoms with Gasteiger partial charge in [0.2, 0.25) is 10.0 Å². The number of nitrogens with zero attached hydrogens (tertiary/aromatic N) is 1. The maximum absolute atomic E-state index is 12.1. The molecule has 1 aliphatic rings. The number of morpholine rings is 1. The normalized spacial score (nSPS) is 15.2. The van der Waals surface area contributed by atoms with E-state index in [1.165, 1.54) is 5.69 Å². The number of aryl methyl sites for hydroxylation is 1. The van der Waals surface area contributed by atoms with Gasteiger partial charge in [-0.25, -0.2) is 13.1 Å². The highest BCUT2D eigenvalue weighted by molar-refractivity contribution is 7.89. The van der Waals surface area contributed by atoms with Gasteiger partial charge in [-0.1, -0.05) is 42.5 Å². The van der Waals surface area contributed by atoms with Gasteiger partial charge in [-0.2, -0.15) is 0 Å². The average Bonchev–Trinajstić information content (AvgIpc) is 2.68. The van der Waals surface area contributed by atoms with Crippen LogP contribution in [0.1, 0.15) is 11.1 Å². The van der Waals surface area contributed by atoms with Crippen molar-refractivity contribution in [3.8, 4) is 0 Å². The van der Waals surface area contributed by atoms with E-state index in [1.807, 2.05) is 30.3 Å². The first-order valence-corrected chi connectivity index (χ1v) is 10.7. The first-order valence-electron chi connectivity index (χ1n) is 9.05. The second-order valence-electron chi connectivity index (χ2n) is 6.46. The van der Waals surface area contributed by atoms with E-state index in [0.717, 1.165) is 37.4 Å². The van der Waals surface area contributed by atoms with E-state index < -0.39 is 10.0 Å². The smallest absolute Gasteiger partial charge is 0.211 e. The summed E-state index contributed by atoms with van der Waals surface area (Å²) in [6.07, 6.45) is 1.22. The largest absolute Gasteiger partial charge is 0.378 e. The molecule has 2 aromatic rings. The van der Waals surface area contributed by atoms with Gasteiger partial charge >= 0.3 is 0 Å². The van der Waals surface area contributed by atoms with Gasteiger partial charge in [0.05, 0.1) is 19.0 Å². The summed E-state index contributed by atoms with van der Waals surface area (Å²) < 4.78 is 32.3. The predicted octanol–water partition coefficient (Wildman–Crippen LogP) is 2.23. The molecular weight excluding hydrogens is 348 g/mol. The number of rotatable bonds is 8. The standard InChI is InChI=1S/C20H26N2O3S/c23-26(24,17-11-18-4-2-1-3-5-18)21-12-10-19-6-8-20(9-7-19)22-13-15-25-16-14-22/h1-9,21H,10-17H2. The fourth-order valence-electron chi connectivity index (χ4n) is 3.01. The van der Waals surface area contributed by atoms with Crippen LogP contribution in [0.3, 0.4) is 0 Å². The van der Waals surface area contributed by atoms with Crippen LogP contribution >= 0.6 is 0 Å². The van der Waals surface area contributed by atoms with E-state index in [4.69, 9.17) is 4.74 Å². The van der Waals surface area contributed by atoms with Crippen LogP contribution in [-0.4, -0.2) is 47.0 Å². The predicted molar refractivity (Wildman–Crippen MR) is 105 cm³/mol. The molecule has 0 saturated carbocycles. The van der Waals surface area contributed by atoms with Crippen molar-refractivity contribution in [2.45, 2.75) is 12.8 Å². The van der Waals surface area contributed by atoms with E-state index in [1.54, 1.807) is 0 Å². The molecule has 140 valence electrons. The van der Waals surface area contributed by atoms with Gasteiger partial charge in [-0.3, -0.25) is 0 Å². The van der Waals surface area contributed by atoms with Crippen LogP contribution < -0.4 is 9.62 Å². The van der Waals surface area contributed by atoms with Crippen molar-refractivity contribution in [1.82, 2.24) is 4.72 Å². The van der Waals surface area contributed by atoms with Crippen molar-refractivity contribution in [1.29, 1.82) is 0 Å². The first kappa shape index (κ1) is 18.9. The molecule has 0 radical (unpaired) electrons. The summed E-state index contributed by atoms with van der Waals surface area (Å²) in [6, 6.07) is 18.0. The maximum Gasteiger partial charge on any atom is 0.211 e. The summed E-state index contributed by atoms with van der Waals surface area (Å²) in [6.45, 7) is 3.80. The van der Waals surface area contributed by atoms with Crippen LogP contribution in [0.4, 0.5) is 5.69 Å². The van der Waals surface area contributed by atoms with Crippen LogP contribution in [0.25, 0.3) is 0 Å². The zero-order valence-corrected chi connectivity index (χ0v) is 15.7. The van der Waals surface area contributed by atoms with Gasteiger partial charge in [-0.05, 0) is 36.1 Å². The Hall–Kier alpha value is -1.89. The minimum Gasteiger partial charge on any atom is -0.378 e. The number of anilines is 1. The van der Waals surface area contributed by atoms with Crippen molar-refractivity contribution in [2.75, 3.05) is 43.5 Å². The van der Waals surface area contributed by atoms with Gasteiger partial charge in [0.1, 0.15) is 0 Å². The second kappa shape index (κ2) is 9.16. The summed E-state index contributed by atoms with van der Waals surface area (Å²) in [4.78, 5) is 2.31. The van der Waals surface area contributed by atoms with E-state index in [9.17, 15) is 8.42 Å². The third-order valence-electron chi connectivity index (χ3n) is 4.55. The fourth-order valence-corrected chi connectivity index (χ4v) is 4.08. The van der Waals surface area contributed by atoms with Gasteiger partial charge in [0.25, 0.3) is 0 Å². The number of ether oxygens (including phenoxy) is 1. The first-order chi connectivity index (χ1) is 12.6. The van der Waals surface area contributed by atoms with Crippen LogP contribution in [0.5, 0.6) is 0 Å². The van der Waals surface area contributed by atoms with E-state index in [2.05, 4.69) is 33.9 Å². The fraction of sp³-hybridized carbons (Fsp3) is 0.400. The molecule has 1 N–H and O–H groups in total. The van der Waals surface area contributed by atoms with Crippen molar-refractivity contribution < 1.29 is 13.2 Å². The van der Waals surface area contributed by atoms with Gasteiger partial charge in [0.15, 0.2) is 0 Å². The Bertz CT molecular complexity index is 770. The van der Waals surface area contributed by atoms with E-state index in [-0.39, 0.29) is 5.75 Å². The number of hydrogen-bond acceptors (Lipinski definition) is 4. The summed E-state index contributed by atoms with van der Waals surface area (Å²) in [5.41, 5.74) is 3.37. The number of hydrogen-bond donors (Lipinski definition) is 1. The number of benzene rings is 2. The van der Waals surface area contributed by atoms with Crippen molar-refractivity contribution in [3.05, 3.63) is 65.7 Å². The van der Waals surface area contributed by atoms with Crippen LogP contribution in [0.15, 0.2) is 54.6 Å². The molecule has 0 amide bonds. The number of nitrogens with one attached hydrogen (secondary N) is 1. The van der Waals surface area contributed by atoms with Crippen molar-refractivity contribution in [2.24, 2.45) is 0 Å². The molecule has 5 nitrogen and oxygen atoms in total. The summed E-state index contributed by atoms with van der Waals surface area (Å²) in [5, 5.41) is 0. The van der Waals surface area contributed by atoms with Crippen LogP contribution in [0.2, 0.25) is 0 Å². The minimum atomic E-state index is -3.25. The van der Waals surface area contributed by atoms with E-state index >= 15 is 0 Å². The summed E-state index contributed by atoms with van der Waals surface area (Å²) >= 11 is 0. The Morgan fingerprint density at radius 3 is 2.23 bits per heavy atom. The Balaban J connectivity index is 1.43. The lowest BCUT2D eigenvalue weighted by Crippen LogP contribution is -2.36. The third-order valence-corrected chi connectivity index (χ3v) is 5.94. The lowest BCUT2D eigenvalue weighted by atomic mass is 10.1. The molecular formula is C20H26N2O3S. The quantitative estimate of drug-likeness (QED) is 0.770. The lowest BCUT2D eigenvalue weighted by molar-refractivity contribution is 0.122. The molecule has 1 heterocycles. The minimum absolute atomic E-state index is 0.118. The highest BCUT2D eigenvalue weighted by atomic mass is 32.2. The number of sulfonamides is 1. The average molecular weight is 375 g/mol. The highest BCUT2D eigenvalue weighted by Crippen LogP contribution is 2.16. The molecule has 0 aliphatic carbocycles. The molecule has 2 aromatic carbocycles. The topological polar surface area (TPSA) is 58.6 Å². The highest BCUT2D eigenvalue weighted by Gasteiger charge is 2.12. The molecule has 0 atom stereocenters. The summed E-state index contributed by atoms with van der Waals surface area (Å²) in [7, 11) is -3.25. The molecule has 1 aliphatic heterocycles. The molecule has 1 saturated heterocycles. The monoisotopic (exact) mass is 374 g/mol. The summed E-state index contributed by atoms with van der Waals surface area (Å²) in [5.74, 6) is 0.118. The Morgan fingerprint density at radius 1 is 0.885 bits per heavy atom. The molecule has 0 bridgehead atoms. The maximum atomic E-state index is 12.1. The van der Waals surface area contributed by atoms with Gasteiger partial charge in [0, 0.05) is 25.3 Å². The van der Waals surface area contributed by atoms with Gasteiger partial charge < -0.3 is 9.64 Å². The Morgan fingerprint density at radius 2 is 1.54 bits per heavy atom. The molecule has 1 fully saturated rings. The molecule has 0 unspecified atom stereocenters. The molecule has 26 heavy (non-hydrogen) atoms. The molecule has 0 aromatic heterocycles. The van der Waals surface area contributed by atoms with Crippen molar-refractivity contribution >= 4 is 15.7 Å². The Kier molecular flexibility index (Phi) is 6.66. The zero-order valence-electron chi connectivity index (χ0n) is 14.9. The molecule has 3 rings (SSSR count). The third kappa shape index (κ3) is 5.83. The van der Waals surface area contributed by atoms with Gasteiger partial charge in [-0.15, -0.1) is 0 Å². The van der Waals surface area contributed by atoms with Crippen molar-refractivity contribution in [3.63, 3.8) is 0 Å². The molecule has 6 heteroatoms. The van der Waals surface area contributed by atoms with Crippen LogP contribution in [0, 0.1) is 0 Å². The SMILES string of the molecule is O=S(=O)(CCc1ccccc1)NCCc1ccc(N2CCOCC2)cc1. The lowest BCUT2D eigenvalue weighted by Gasteiger charge is -2.28. The second-order valence-corrected chi connectivity index (χ2v) is 8.39. The zero-order chi connectivity index (χ0) is 18.2.